The highest BCUT2D eigenvalue weighted by Gasteiger charge is 2.28. The minimum Gasteiger partial charge on any atom is -0.357 e. The van der Waals surface area contributed by atoms with Gasteiger partial charge in [0, 0.05) is 18.0 Å². The van der Waals surface area contributed by atoms with Crippen LogP contribution in [0.15, 0.2) is 18.3 Å². The Labute approximate surface area is 80.6 Å². The zero-order chi connectivity index (χ0) is 9.42. The maximum absolute atomic E-state index is 11.4. The summed E-state index contributed by atoms with van der Waals surface area (Å²) in [4.78, 5) is 15.5. The number of nitrogens with one attached hydrogen (secondary N) is 1. The number of halogens is 1. The molecule has 0 fully saturated rings. The SMILES string of the molecule is CC1Nc2ncccc2N(Cl)C1=O. The number of carbonyl (C=O) groups is 1. The molecule has 5 heteroatoms. The first-order valence-electron chi connectivity index (χ1n) is 3.91. The minimum absolute atomic E-state index is 0.165. The summed E-state index contributed by atoms with van der Waals surface area (Å²) in [7, 11) is 0. The molecule has 0 spiro atoms. The van der Waals surface area contributed by atoms with Crippen LogP contribution in [0.4, 0.5) is 11.5 Å². The number of hydrogen-bond donors (Lipinski definition) is 1. The molecule has 0 saturated heterocycles. The lowest BCUT2D eigenvalue weighted by Crippen LogP contribution is -2.41. The number of aromatic nitrogens is 1. The van der Waals surface area contributed by atoms with Crippen molar-refractivity contribution < 1.29 is 4.79 Å². The number of amides is 1. The molecule has 1 amide bonds. The second-order valence-electron chi connectivity index (χ2n) is 2.86. The van der Waals surface area contributed by atoms with Crippen molar-refractivity contribution in [3.63, 3.8) is 0 Å². The van der Waals surface area contributed by atoms with Crippen LogP contribution in [-0.4, -0.2) is 16.9 Å². The predicted molar refractivity (Wildman–Crippen MR) is 50.7 cm³/mol. The third-order valence-electron chi connectivity index (χ3n) is 1.92. The van der Waals surface area contributed by atoms with E-state index in [-0.39, 0.29) is 11.9 Å². The van der Waals surface area contributed by atoms with E-state index in [9.17, 15) is 4.79 Å². The van der Waals surface area contributed by atoms with Crippen molar-refractivity contribution in [2.45, 2.75) is 13.0 Å². The summed E-state index contributed by atoms with van der Waals surface area (Å²) in [5.41, 5.74) is 0.604. The standard InChI is InChI=1S/C8H8ClN3O/c1-5-8(13)12(9)6-3-2-4-10-7(6)11-5/h2-5H,1H3,(H,10,11). The molecule has 2 heterocycles. The molecule has 0 saturated carbocycles. The van der Waals surface area contributed by atoms with Gasteiger partial charge in [-0.15, -0.1) is 0 Å². The molecule has 13 heavy (non-hydrogen) atoms. The zero-order valence-corrected chi connectivity index (χ0v) is 7.75. The van der Waals surface area contributed by atoms with Crippen LogP contribution >= 0.6 is 11.8 Å². The van der Waals surface area contributed by atoms with Gasteiger partial charge in [0.15, 0.2) is 5.82 Å². The van der Waals surface area contributed by atoms with Crippen molar-refractivity contribution in [1.29, 1.82) is 0 Å². The van der Waals surface area contributed by atoms with Crippen LogP contribution in [0.5, 0.6) is 0 Å². The van der Waals surface area contributed by atoms with E-state index in [4.69, 9.17) is 11.8 Å². The largest absolute Gasteiger partial charge is 0.357 e. The summed E-state index contributed by atoms with van der Waals surface area (Å²) >= 11 is 5.80. The summed E-state index contributed by atoms with van der Waals surface area (Å²) in [5.74, 6) is 0.478. The maximum Gasteiger partial charge on any atom is 0.263 e. The molecule has 0 aromatic carbocycles. The van der Waals surface area contributed by atoms with E-state index in [1.165, 1.54) is 0 Å². The van der Waals surface area contributed by atoms with Crippen molar-refractivity contribution in [3.8, 4) is 0 Å². The maximum atomic E-state index is 11.4. The molecule has 1 unspecified atom stereocenters. The Hall–Kier alpha value is -1.29. The van der Waals surface area contributed by atoms with Gasteiger partial charge in [-0.1, -0.05) is 0 Å². The van der Waals surface area contributed by atoms with Crippen LogP contribution in [0.25, 0.3) is 0 Å². The van der Waals surface area contributed by atoms with Crippen molar-refractivity contribution in [3.05, 3.63) is 18.3 Å². The lowest BCUT2D eigenvalue weighted by Gasteiger charge is -2.27. The fourth-order valence-corrected chi connectivity index (χ4v) is 1.50. The van der Waals surface area contributed by atoms with Crippen molar-refractivity contribution in [2.24, 2.45) is 0 Å². The van der Waals surface area contributed by atoms with E-state index in [1.54, 1.807) is 25.3 Å². The van der Waals surface area contributed by atoms with Gasteiger partial charge in [-0.3, -0.25) is 4.79 Å². The van der Waals surface area contributed by atoms with Gasteiger partial charge in [0.05, 0.1) is 0 Å². The highest BCUT2D eigenvalue weighted by atomic mass is 35.5. The van der Waals surface area contributed by atoms with Crippen molar-refractivity contribution >= 4 is 29.2 Å². The molecule has 1 N–H and O–H groups in total. The Morgan fingerprint density at radius 3 is 3.23 bits per heavy atom. The molecule has 2 rings (SSSR count). The molecule has 0 bridgehead atoms. The first-order valence-corrected chi connectivity index (χ1v) is 4.25. The minimum atomic E-state index is -0.320. The van der Waals surface area contributed by atoms with E-state index in [0.29, 0.717) is 11.5 Å². The molecule has 1 aromatic rings. The summed E-state index contributed by atoms with van der Waals surface area (Å²) in [6.45, 7) is 1.75. The van der Waals surface area contributed by atoms with E-state index in [1.807, 2.05) is 0 Å². The van der Waals surface area contributed by atoms with Crippen LogP contribution in [0.2, 0.25) is 0 Å². The predicted octanol–water partition coefficient (Wildman–Crippen LogP) is 1.38. The van der Waals surface area contributed by atoms with E-state index in [2.05, 4.69) is 10.3 Å². The number of carbonyl (C=O) groups excluding carboxylic acids is 1. The van der Waals surface area contributed by atoms with Gasteiger partial charge < -0.3 is 5.32 Å². The molecule has 1 aliphatic heterocycles. The fourth-order valence-electron chi connectivity index (χ4n) is 1.22. The smallest absolute Gasteiger partial charge is 0.263 e. The van der Waals surface area contributed by atoms with Crippen LogP contribution in [0, 0.1) is 0 Å². The highest BCUT2D eigenvalue weighted by Crippen LogP contribution is 2.29. The number of anilines is 2. The Morgan fingerprint density at radius 2 is 2.46 bits per heavy atom. The molecule has 68 valence electrons. The summed E-state index contributed by atoms with van der Waals surface area (Å²) in [6.07, 6.45) is 1.65. The first-order chi connectivity index (χ1) is 6.20. The first kappa shape index (κ1) is 8.31. The monoisotopic (exact) mass is 197 g/mol. The Balaban J connectivity index is 2.49. The average Bonchev–Trinajstić information content (AvgIpc) is 2.15. The van der Waals surface area contributed by atoms with Gasteiger partial charge in [-0.05, 0) is 19.1 Å². The Kier molecular flexibility index (Phi) is 1.84. The number of hydrogen-bond acceptors (Lipinski definition) is 3. The summed E-state index contributed by atoms with van der Waals surface area (Å²) in [6, 6.07) is 3.16. The summed E-state index contributed by atoms with van der Waals surface area (Å²) in [5, 5.41) is 2.95. The number of rotatable bonds is 0. The number of pyridine rings is 1. The second kappa shape index (κ2) is 2.88. The third-order valence-corrected chi connectivity index (χ3v) is 2.26. The molecule has 1 aliphatic rings. The van der Waals surface area contributed by atoms with Gasteiger partial charge in [-0.2, -0.15) is 0 Å². The topological polar surface area (TPSA) is 45.2 Å². The van der Waals surface area contributed by atoms with E-state index in [0.717, 1.165) is 4.42 Å². The molecular formula is C8H8ClN3O. The highest BCUT2D eigenvalue weighted by molar-refractivity contribution is 6.39. The molecular weight excluding hydrogens is 190 g/mol. The fraction of sp³-hybridized carbons (Fsp3) is 0.250. The van der Waals surface area contributed by atoms with E-state index >= 15 is 0 Å². The van der Waals surface area contributed by atoms with Gasteiger partial charge in [-0.25, -0.2) is 9.40 Å². The Bertz CT molecular complexity index is 355. The summed E-state index contributed by atoms with van der Waals surface area (Å²) < 4.78 is 1.10. The molecule has 1 atom stereocenters. The van der Waals surface area contributed by atoms with Gasteiger partial charge >= 0.3 is 0 Å². The second-order valence-corrected chi connectivity index (χ2v) is 3.19. The van der Waals surface area contributed by atoms with Crippen molar-refractivity contribution in [2.75, 3.05) is 9.74 Å². The van der Waals surface area contributed by atoms with Crippen LogP contribution in [-0.2, 0) is 4.79 Å². The van der Waals surface area contributed by atoms with Gasteiger partial charge in [0.25, 0.3) is 5.91 Å². The lowest BCUT2D eigenvalue weighted by atomic mass is 10.2. The molecule has 0 aliphatic carbocycles. The quantitative estimate of drug-likeness (QED) is 0.640. The molecule has 1 aromatic heterocycles. The average molecular weight is 198 g/mol. The molecule has 4 nitrogen and oxygen atoms in total. The van der Waals surface area contributed by atoms with Crippen LogP contribution < -0.4 is 9.74 Å². The van der Waals surface area contributed by atoms with Crippen LogP contribution in [0.3, 0.4) is 0 Å². The van der Waals surface area contributed by atoms with Crippen molar-refractivity contribution in [1.82, 2.24) is 4.98 Å². The third kappa shape index (κ3) is 1.23. The van der Waals surface area contributed by atoms with E-state index < -0.39 is 0 Å². The van der Waals surface area contributed by atoms with Gasteiger partial charge in [0.1, 0.15) is 11.7 Å². The molecule has 0 radical (unpaired) electrons. The lowest BCUT2D eigenvalue weighted by molar-refractivity contribution is -0.118. The number of nitrogens with zero attached hydrogens (tertiary/aromatic N) is 2. The normalized spacial score (nSPS) is 20.9. The van der Waals surface area contributed by atoms with Gasteiger partial charge in [0.2, 0.25) is 0 Å². The number of fused-ring (bicyclic) bond motifs is 1. The Morgan fingerprint density at radius 1 is 1.69 bits per heavy atom. The zero-order valence-electron chi connectivity index (χ0n) is 6.99. The van der Waals surface area contributed by atoms with Crippen LogP contribution in [0.1, 0.15) is 6.92 Å².